The van der Waals surface area contributed by atoms with Crippen molar-refractivity contribution in [2.75, 3.05) is 13.1 Å². The lowest BCUT2D eigenvalue weighted by Crippen LogP contribution is -2.33. The first-order valence-corrected chi connectivity index (χ1v) is 8.97. The standard InChI is InChI=1S/C18H18N4OS/c23-17-16(24-18(20-17)21-9-2-1-3-10-21)12-14-4-6-15(7-5-14)22-11-8-19-13-22/h4-8,11-13H,1-3,9-10H2/b16-12-. The first-order chi connectivity index (χ1) is 11.8. The second-order valence-electron chi connectivity index (χ2n) is 5.92. The maximum Gasteiger partial charge on any atom is 0.286 e. The van der Waals surface area contributed by atoms with Gasteiger partial charge in [0.05, 0.1) is 11.2 Å². The third-order valence-corrected chi connectivity index (χ3v) is 5.27. The molecule has 1 saturated heterocycles. The van der Waals surface area contributed by atoms with Crippen LogP contribution in [0, 0.1) is 0 Å². The SMILES string of the molecule is O=C1N=C(N2CCCCC2)S/C1=C\c1ccc(-n2ccnc2)cc1. The van der Waals surface area contributed by atoms with Crippen LogP contribution < -0.4 is 0 Å². The number of benzene rings is 1. The van der Waals surface area contributed by atoms with Crippen LogP contribution in [0.25, 0.3) is 11.8 Å². The van der Waals surface area contributed by atoms with Gasteiger partial charge < -0.3 is 9.47 Å². The molecule has 24 heavy (non-hydrogen) atoms. The number of carbonyl (C=O) groups is 1. The highest BCUT2D eigenvalue weighted by molar-refractivity contribution is 8.18. The number of imidazole rings is 1. The molecule has 1 fully saturated rings. The summed E-state index contributed by atoms with van der Waals surface area (Å²) in [5.74, 6) is -0.126. The first-order valence-electron chi connectivity index (χ1n) is 8.15. The number of likely N-dealkylation sites (tertiary alicyclic amines) is 1. The molecule has 1 amide bonds. The third-order valence-electron chi connectivity index (χ3n) is 4.23. The van der Waals surface area contributed by atoms with Crippen LogP contribution in [-0.4, -0.2) is 38.6 Å². The Morgan fingerprint density at radius 1 is 1.08 bits per heavy atom. The predicted octanol–water partition coefficient (Wildman–Crippen LogP) is 3.33. The zero-order valence-corrected chi connectivity index (χ0v) is 14.1. The number of aromatic nitrogens is 2. The molecule has 1 aromatic carbocycles. The minimum atomic E-state index is -0.126. The molecule has 5 nitrogen and oxygen atoms in total. The highest BCUT2D eigenvalue weighted by Crippen LogP contribution is 2.31. The highest BCUT2D eigenvalue weighted by atomic mass is 32.2. The molecular formula is C18H18N4OS. The number of amides is 1. The van der Waals surface area contributed by atoms with Gasteiger partial charge in [-0.05, 0) is 54.8 Å². The Balaban J connectivity index is 1.49. The zero-order chi connectivity index (χ0) is 16.4. The van der Waals surface area contributed by atoms with Crippen LogP contribution in [0.2, 0.25) is 0 Å². The van der Waals surface area contributed by atoms with Gasteiger partial charge in [0.1, 0.15) is 0 Å². The van der Waals surface area contributed by atoms with E-state index in [-0.39, 0.29) is 5.91 Å². The van der Waals surface area contributed by atoms with Crippen molar-refractivity contribution in [1.29, 1.82) is 0 Å². The number of aliphatic imine (C=N–C) groups is 1. The van der Waals surface area contributed by atoms with Crippen LogP contribution in [0.1, 0.15) is 24.8 Å². The highest BCUT2D eigenvalue weighted by Gasteiger charge is 2.26. The molecule has 4 rings (SSSR count). The van der Waals surface area contributed by atoms with E-state index >= 15 is 0 Å². The average Bonchev–Trinajstić information content (AvgIpc) is 3.27. The summed E-state index contributed by atoms with van der Waals surface area (Å²) in [7, 11) is 0. The van der Waals surface area contributed by atoms with Gasteiger partial charge in [-0.1, -0.05) is 12.1 Å². The minimum absolute atomic E-state index is 0.126. The van der Waals surface area contributed by atoms with Crippen molar-refractivity contribution in [1.82, 2.24) is 14.5 Å². The van der Waals surface area contributed by atoms with Crippen molar-refractivity contribution in [3.63, 3.8) is 0 Å². The smallest absolute Gasteiger partial charge is 0.286 e. The van der Waals surface area contributed by atoms with Gasteiger partial charge in [0, 0.05) is 31.2 Å². The van der Waals surface area contributed by atoms with E-state index in [1.165, 1.54) is 31.0 Å². The van der Waals surface area contributed by atoms with E-state index in [2.05, 4.69) is 14.9 Å². The molecule has 0 saturated carbocycles. The van der Waals surface area contributed by atoms with Crippen molar-refractivity contribution < 1.29 is 4.79 Å². The number of piperidine rings is 1. The quantitative estimate of drug-likeness (QED) is 0.788. The molecular weight excluding hydrogens is 320 g/mol. The fourth-order valence-corrected chi connectivity index (χ4v) is 3.89. The lowest BCUT2D eigenvalue weighted by Gasteiger charge is -2.27. The molecule has 6 heteroatoms. The second kappa shape index (κ2) is 6.65. The minimum Gasteiger partial charge on any atom is -0.351 e. The Hall–Kier alpha value is -2.34. The largest absolute Gasteiger partial charge is 0.351 e. The molecule has 0 unspecified atom stereocenters. The number of amidine groups is 1. The lowest BCUT2D eigenvalue weighted by molar-refractivity contribution is -0.113. The lowest BCUT2D eigenvalue weighted by atomic mass is 10.1. The van der Waals surface area contributed by atoms with Crippen LogP contribution in [0.3, 0.4) is 0 Å². The van der Waals surface area contributed by atoms with Crippen LogP contribution in [0.4, 0.5) is 0 Å². The predicted molar refractivity (Wildman–Crippen MR) is 97.0 cm³/mol. The summed E-state index contributed by atoms with van der Waals surface area (Å²) in [6.45, 7) is 2.01. The van der Waals surface area contributed by atoms with Crippen molar-refractivity contribution in [3.05, 3.63) is 53.5 Å². The Labute approximate surface area is 145 Å². The van der Waals surface area contributed by atoms with Crippen LogP contribution in [0.5, 0.6) is 0 Å². The molecule has 0 aliphatic carbocycles. The number of hydrogen-bond donors (Lipinski definition) is 0. The van der Waals surface area contributed by atoms with Crippen LogP contribution in [-0.2, 0) is 4.79 Å². The van der Waals surface area contributed by atoms with Crippen LogP contribution >= 0.6 is 11.8 Å². The van der Waals surface area contributed by atoms with E-state index in [0.717, 1.165) is 29.5 Å². The molecule has 0 spiro atoms. The van der Waals surface area contributed by atoms with E-state index < -0.39 is 0 Å². The van der Waals surface area contributed by atoms with Gasteiger partial charge in [0.2, 0.25) is 0 Å². The summed E-state index contributed by atoms with van der Waals surface area (Å²) in [5, 5.41) is 0.862. The monoisotopic (exact) mass is 338 g/mol. The summed E-state index contributed by atoms with van der Waals surface area (Å²) in [6.07, 6.45) is 11.0. The molecule has 1 aromatic heterocycles. The van der Waals surface area contributed by atoms with Gasteiger partial charge in [0.15, 0.2) is 5.17 Å². The molecule has 0 atom stereocenters. The molecule has 3 heterocycles. The Morgan fingerprint density at radius 2 is 1.88 bits per heavy atom. The number of carbonyl (C=O) groups excluding carboxylic acids is 1. The maximum atomic E-state index is 12.2. The Morgan fingerprint density at radius 3 is 2.58 bits per heavy atom. The van der Waals surface area contributed by atoms with Gasteiger partial charge in [-0.3, -0.25) is 4.79 Å². The third kappa shape index (κ3) is 3.14. The first kappa shape index (κ1) is 15.2. The van der Waals surface area contributed by atoms with Gasteiger partial charge >= 0.3 is 0 Å². The molecule has 0 radical (unpaired) electrons. The molecule has 122 valence electrons. The van der Waals surface area contributed by atoms with E-state index in [0.29, 0.717) is 4.91 Å². The maximum absolute atomic E-state index is 12.2. The van der Waals surface area contributed by atoms with E-state index in [1.807, 2.05) is 41.1 Å². The van der Waals surface area contributed by atoms with E-state index in [1.54, 1.807) is 12.5 Å². The summed E-state index contributed by atoms with van der Waals surface area (Å²) < 4.78 is 1.95. The fourth-order valence-electron chi connectivity index (χ4n) is 2.92. The van der Waals surface area contributed by atoms with Gasteiger partial charge in [0.25, 0.3) is 5.91 Å². The van der Waals surface area contributed by atoms with Crippen LogP contribution in [0.15, 0.2) is 52.9 Å². The van der Waals surface area contributed by atoms with E-state index in [4.69, 9.17) is 0 Å². The topological polar surface area (TPSA) is 50.5 Å². The zero-order valence-electron chi connectivity index (χ0n) is 13.3. The Kier molecular flexibility index (Phi) is 4.21. The fraction of sp³-hybridized carbons (Fsp3) is 0.278. The summed E-state index contributed by atoms with van der Waals surface area (Å²) >= 11 is 1.49. The Bertz CT molecular complexity index is 787. The number of hydrogen-bond acceptors (Lipinski definition) is 4. The van der Waals surface area contributed by atoms with Gasteiger partial charge in [-0.15, -0.1) is 0 Å². The molecule has 0 N–H and O–H groups in total. The van der Waals surface area contributed by atoms with Crippen molar-refractivity contribution in [3.8, 4) is 5.69 Å². The molecule has 2 aliphatic rings. The number of nitrogens with zero attached hydrogens (tertiary/aromatic N) is 4. The molecule has 0 bridgehead atoms. The van der Waals surface area contributed by atoms with E-state index in [9.17, 15) is 4.79 Å². The van der Waals surface area contributed by atoms with Gasteiger partial charge in [-0.2, -0.15) is 4.99 Å². The van der Waals surface area contributed by atoms with Crippen molar-refractivity contribution in [2.45, 2.75) is 19.3 Å². The van der Waals surface area contributed by atoms with Crippen molar-refractivity contribution >= 4 is 28.9 Å². The summed E-state index contributed by atoms with van der Waals surface area (Å²) in [4.78, 5) is 23.4. The van der Waals surface area contributed by atoms with Crippen molar-refractivity contribution in [2.24, 2.45) is 4.99 Å². The normalized spacial score (nSPS) is 19.8. The molecule has 2 aliphatic heterocycles. The number of thioether (sulfide) groups is 1. The summed E-state index contributed by atoms with van der Waals surface area (Å²) in [6, 6.07) is 8.05. The summed E-state index contributed by atoms with van der Waals surface area (Å²) in [5.41, 5.74) is 2.05. The molecule has 2 aromatic rings. The average molecular weight is 338 g/mol. The second-order valence-corrected chi connectivity index (χ2v) is 6.93. The van der Waals surface area contributed by atoms with Gasteiger partial charge in [-0.25, -0.2) is 4.98 Å². The number of rotatable bonds is 2.